The van der Waals surface area contributed by atoms with Gasteiger partial charge in [-0.05, 0) is 44.0 Å². The Balaban J connectivity index is 2.24. The molecule has 0 aliphatic carbocycles. The minimum absolute atomic E-state index is 0.250. The van der Waals surface area contributed by atoms with Crippen molar-refractivity contribution in [2.75, 3.05) is 13.6 Å². The number of nitrogens with zero attached hydrogens (tertiary/aromatic N) is 1. The molecule has 2 nitrogen and oxygen atoms in total. The Morgan fingerprint density at radius 3 is 2.59 bits per heavy atom. The van der Waals surface area contributed by atoms with Crippen molar-refractivity contribution in [3.63, 3.8) is 0 Å². The minimum atomic E-state index is 0.250. The van der Waals surface area contributed by atoms with Gasteiger partial charge in [0.05, 0.1) is 6.04 Å². The van der Waals surface area contributed by atoms with Crippen molar-refractivity contribution < 1.29 is 0 Å². The van der Waals surface area contributed by atoms with Gasteiger partial charge in [-0.2, -0.15) is 0 Å². The lowest BCUT2D eigenvalue weighted by Crippen LogP contribution is -2.43. The number of nitrogens with two attached hydrogens (primary N) is 1. The highest BCUT2D eigenvalue weighted by Crippen LogP contribution is 2.37. The Morgan fingerprint density at radius 2 is 2.06 bits per heavy atom. The van der Waals surface area contributed by atoms with Crippen LogP contribution in [-0.2, 0) is 5.41 Å². The average Bonchev–Trinajstić information content (AvgIpc) is 2.65. The van der Waals surface area contributed by atoms with E-state index >= 15 is 0 Å². The smallest absolute Gasteiger partial charge is 0.0591 e. The molecule has 3 heteroatoms. The molecule has 2 atom stereocenters. The Labute approximate surface area is 109 Å². The van der Waals surface area contributed by atoms with Crippen LogP contribution >= 0.6 is 11.3 Å². The van der Waals surface area contributed by atoms with Crippen LogP contribution in [0.5, 0.6) is 0 Å². The van der Waals surface area contributed by atoms with Crippen LogP contribution in [0.15, 0.2) is 12.1 Å². The van der Waals surface area contributed by atoms with Gasteiger partial charge in [-0.15, -0.1) is 11.3 Å². The highest BCUT2D eigenvalue weighted by Gasteiger charge is 2.29. The maximum Gasteiger partial charge on any atom is 0.0591 e. The highest BCUT2D eigenvalue weighted by atomic mass is 32.1. The maximum absolute atomic E-state index is 6.28. The molecule has 2 rings (SSSR count). The van der Waals surface area contributed by atoms with E-state index in [2.05, 4.69) is 44.9 Å². The molecule has 17 heavy (non-hydrogen) atoms. The SMILES string of the molecule is CN1CCCC(N)C1c1ccc(C(C)(C)C)s1. The molecule has 1 aromatic rings. The van der Waals surface area contributed by atoms with Crippen LogP contribution < -0.4 is 5.73 Å². The first-order valence-electron chi connectivity index (χ1n) is 6.45. The number of piperidine rings is 1. The molecule has 0 aromatic carbocycles. The largest absolute Gasteiger partial charge is 0.326 e. The summed E-state index contributed by atoms with van der Waals surface area (Å²) in [5.41, 5.74) is 6.53. The van der Waals surface area contributed by atoms with Crippen LogP contribution in [0.4, 0.5) is 0 Å². The Bertz CT molecular complexity index is 368. The lowest BCUT2D eigenvalue weighted by molar-refractivity contribution is 0.166. The second-order valence-corrected chi connectivity index (χ2v) is 7.30. The predicted octanol–water partition coefficient (Wildman–Crippen LogP) is 3.14. The highest BCUT2D eigenvalue weighted by molar-refractivity contribution is 7.12. The fourth-order valence-electron chi connectivity index (χ4n) is 2.54. The lowest BCUT2D eigenvalue weighted by Gasteiger charge is -2.36. The van der Waals surface area contributed by atoms with Gasteiger partial charge in [0.15, 0.2) is 0 Å². The average molecular weight is 252 g/mol. The van der Waals surface area contributed by atoms with E-state index in [0.29, 0.717) is 12.1 Å². The molecule has 2 heterocycles. The summed E-state index contributed by atoms with van der Waals surface area (Å²) in [6, 6.07) is 5.26. The van der Waals surface area contributed by atoms with Gasteiger partial charge in [0.25, 0.3) is 0 Å². The number of likely N-dealkylation sites (N-methyl/N-ethyl adjacent to an activating group) is 1. The van der Waals surface area contributed by atoms with Gasteiger partial charge < -0.3 is 5.73 Å². The molecular formula is C14H24N2S. The second kappa shape index (κ2) is 4.71. The molecule has 1 aliphatic rings. The zero-order valence-corrected chi connectivity index (χ0v) is 12.2. The van der Waals surface area contributed by atoms with Crippen molar-refractivity contribution in [1.29, 1.82) is 0 Å². The summed E-state index contributed by atoms with van der Waals surface area (Å²) < 4.78 is 0. The predicted molar refractivity (Wildman–Crippen MR) is 75.6 cm³/mol. The molecule has 2 N–H and O–H groups in total. The summed E-state index contributed by atoms with van der Waals surface area (Å²) in [5, 5.41) is 0. The fraction of sp³-hybridized carbons (Fsp3) is 0.714. The molecule has 1 aliphatic heterocycles. The van der Waals surface area contributed by atoms with E-state index in [1.54, 1.807) is 0 Å². The van der Waals surface area contributed by atoms with Crippen molar-refractivity contribution in [2.45, 2.75) is 51.1 Å². The van der Waals surface area contributed by atoms with Crippen LogP contribution in [0.25, 0.3) is 0 Å². The summed E-state index contributed by atoms with van der Waals surface area (Å²) in [4.78, 5) is 5.30. The number of rotatable bonds is 1. The zero-order chi connectivity index (χ0) is 12.6. The van der Waals surface area contributed by atoms with Gasteiger partial charge in [0.1, 0.15) is 0 Å². The third-order valence-corrected chi connectivity index (χ3v) is 5.17. The van der Waals surface area contributed by atoms with Crippen LogP contribution in [-0.4, -0.2) is 24.5 Å². The van der Waals surface area contributed by atoms with Crippen LogP contribution in [0.3, 0.4) is 0 Å². The number of hydrogen-bond acceptors (Lipinski definition) is 3. The normalized spacial score (nSPS) is 27.4. The van der Waals surface area contributed by atoms with E-state index in [9.17, 15) is 0 Å². The van der Waals surface area contributed by atoms with Gasteiger partial charge >= 0.3 is 0 Å². The van der Waals surface area contributed by atoms with E-state index in [0.717, 1.165) is 6.42 Å². The monoisotopic (exact) mass is 252 g/mol. The fourth-order valence-corrected chi connectivity index (χ4v) is 3.85. The molecule has 1 aromatic heterocycles. The first-order valence-corrected chi connectivity index (χ1v) is 7.27. The molecule has 0 amide bonds. The second-order valence-electron chi connectivity index (χ2n) is 6.18. The number of likely N-dealkylation sites (tertiary alicyclic amines) is 1. The van der Waals surface area contributed by atoms with Crippen molar-refractivity contribution in [3.05, 3.63) is 21.9 Å². The van der Waals surface area contributed by atoms with E-state index in [4.69, 9.17) is 5.73 Å². The molecule has 2 unspecified atom stereocenters. The molecule has 0 saturated carbocycles. The first-order chi connectivity index (χ1) is 7.89. The Morgan fingerprint density at radius 1 is 1.35 bits per heavy atom. The van der Waals surface area contributed by atoms with Crippen LogP contribution in [0.2, 0.25) is 0 Å². The zero-order valence-electron chi connectivity index (χ0n) is 11.4. The Hall–Kier alpha value is -0.380. The topological polar surface area (TPSA) is 29.3 Å². The van der Waals surface area contributed by atoms with Gasteiger partial charge in [-0.3, -0.25) is 4.90 Å². The van der Waals surface area contributed by atoms with E-state index in [1.165, 1.54) is 22.7 Å². The van der Waals surface area contributed by atoms with Crippen molar-refractivity contribution in [1.82, 2.24) is 4.90 Å². The third-order valence-electron chi connectivity index (χ3n) is 3.59. The molecule has 0 radical (unpaired) electrons. The first kappa shape index (κ1) is 13.1. The van der Waals surface area contributed by atoms with Crippen molar-refractivity contribution in [2.24, 2.45) is 5.73 Å². The van der Waals surface area contributed by atoms with E-state index in [1.807, 2.05) is 11.3 Å². The quantitative estimate of drug-likeness (QED) is 0.832. The summed E-state index contributed by atoms with van der Waals surface area (Å²) in [6.07, 6.45) is 2.38. The summed E-state index contributed by atoms with van der Waals surface area (Å²) in [5.74, 6) is 0. The molecule has 1 fully saturated rings. The molecule has 0 bridgehead atoms. The standard InChI is InChI=1S/C14H24N2S/c1-14(2,3)12-8-7-11(17-12)13-10(15)6-5-9-16(13)4/h7-8,10,13H,5-6,9,15H2,1-4H3. The number of hydrogen-bond donors (Lipinski definition) is 1. The van der Waals surface area contributed by atoms with E-state index < -0.39 is 0 Å². The maximum atomic E-state index is 6.28. The third kappa shape index (κ3) is 2.72. The molecule has 96 valence electrons. The molecular weight excluding hydrogens is 228 g/mol. The van der Waals surface area contributed by atoms with Crippen molar-refractivity contribution >= 4 is 11.3 Å². The van der Waals surface area contributed by atoms with Gasteiger partial charge in [0.2, 0.25) is 0 Å². The molecule has 0 spiro atoms. The summed E-state index contributed by atoms with van der Waals surface area (Å²) in [7, 11) is 2.19. The number of thiophene rings is 1. The molecule has 1 saturated heterocycles. The van der Waals surface area contributed by atoms with Crippen LogP contribution in [0, 0.1) is 0 Å². The summed E-state index contributed by atoms with van der Waals surface area (Å²) >= 11 is 1.93. The van der Waals surface area contributed by atoms with Gasteiger partial charge in [-0.1, -0.05) is 20.8 Å². The van der Waals surface area contributed by atoms with Crippen LogP contribution in [0.1, 0.15) is 49.4 Å². The minimum Gasteiger partial charge on any atom is -0.326 e. The van der Waals surface area contributed by atoms with Gasteiger partial charge in [-0.25, -0.2) is 0 Å². The summed E-state index contributed by atoms with van der Waals surface area (Å²) in [6.45, 7) is 7.98. The lowest BCUT2D eigenvalue weighted by atomic mass is 9.94. The van der Waals surface area contributed by atoms with Crippen molar-refractivity contribution in [3.8, 4) is 0 Å². The Kier molecular flexibility index (Phi) is 3.62. The van der Waals surface area contributed by atoms with Gasteiger partial charge in [0, 0.05) is 15.8 Å². The van der Waals surface area contributed by atoms with E-state index in [-0.39, 0.29) is 5.41 Å².